The van der Waals surface area contributed by atoms with Crippen LogP contribution in [-0.4, -0.2) is 54.2 Å². The van der Waals surface area contributed by atoms with Crippen LogP contribution in [0, 0.1) is 0 Å². The standard InChI is InChI=1S/C16H21N3O3/c1-4-19-14(20)9-13(16(19)22)18(3)10-11-5-7-12(8-6-11)15(21)17-2/h5-8,13H,4,9-10H2,1-3H3,(H,17,21). The molecule has 0 aliphatic carbocycles. The lowest BCUT2D eigenvalue weighted by atomic mass is 10.1. The summed E-state index contributed by atoms with van der Waals surface area (Å²) < 4.78 is 0. The number of nitrogens with zero attached hydrogens (tertiary/aromatic N) is 2. The van der Waals surface area contributed by atoms with Gasteiger partial charge in [0.15, 0.2) is 0 Å². The van der Waals surface area contributed by atoms with Gasteiger partial charge in [-0.25, -0.2) is 0 Å². The van der Waals surface area contributed by atoms with Gasteiger partial charge in [0.2, 0.25) is 11.8 Å². The van der Waals surface area contributed by atoms with E-state index in [9.17, 15) is 14.4 Å². The molecule has 2 rings (SSSR count). The average molecular weight is 303 g/mol. The van der Waals surface area contributed by atoms with Gasteiger partial charge in [0, 0.05) is 25.7 Å². The summed E-state index contributed by atoms with van der Waals surface area (Å²) in [6.45, 7) is 2.77. The molecule has 6 heteroatoms. The molecule has 1 unspecified atom stereocenters. The van der Waals surface area contributed by atoms with E-state index in [1.807, 2.05) is 24.1 Å². The quantitative estimate of drug-likeness (QED) is 0.810. The van der Waals surface area contributed by atoms with E-state index in [0.29, 0.717) is 18.7 Å². The molecule has 1 aromatic carbocycles. The van der Waals surface area contributed by atoms with Crippen molar-refractivity contribution in [1.82, 2.24) is 15.1 Å². The highest BCUT2D eigenvalue weighted by Gasteiger charge is 2.39. The fourth-order valence-electron chi connectivity index (χ4n) is 2.65. The molecule has 1 aromatic rings. The van der Waals surface area contributed by atoms with Crippen LogP contribution < -0.4 is 5.32 Å². The smallest absolute Gasteiger partial charge is 0.251 e. The number of hydrogen-bond donors (Lipinski definition) is 1. The third kappa shape index (κ3) is 3.17. The minimum absolute atomic E-state index is 0.112. The molecule has 0 spiro atoms. The van der Waals surface area contributed by atoms with E-state index in [2.05, 4.69) is 5.32 Å². The molecular formula is C16H21N3O3. The lowest BCUT2D eigenvalue weighted by molar-refractivity contribution is -0.139. The van der Waals surface area contributed by atoms with Gasteiger partial charge in [0.05, 0.1) is 12.5 Å². The van der Waals surface area contributed by atoms with Crippen molar-refractivity contribution in [3.63, 3.8) is 0 Å². The molecule has 0 aromatic heterocycles. The van der Waals surface area contributed by atoms with Crippen LogP contribution in [-0.2, 0) is 16.1 Å². The summed E-state index contributed by atoms with van der Waals surface area (Å²) in [5.74, 6) is -0.369. The Balaban J connectivity index is 2.03. The van der Waals surface area contributed by atoms with Crippen molar-refractivity contribution in [2.45, 2.75) is 25.9 Å². The number of carbonyl (C=O) groups excluding carboxylic acids is 3. The van der Waals surface area contributed by atoms with Crippen molar-refractivity contribution in [2.24, 2.45) is 0 Å². The number of imide groups is 1. The Morgan fingerprint density at radius 3 is 2.45 bits per heavy atom. The van der Waals surface area contributed by atoms with Gasteiger partial charge < -0.3 is 5.32 Å². The Labute approximate surface area is 130 Å². The first-order valence-electron chi connectivity index (χ1n) is 7.33. The SMILES string of the molecule is CCN1C(=O)CC(N(C)Cc2ccc(C(=O)NC)cc2)C1=O. The van der Waals surface area contributed by atoms with Crippen molar-refractivity contribution in [3.05, 3.63) is 35.4 Å². The summed E-state index contributed by atoms with van der Waals surface area (Å²) in [4.78, 5) is 38.6. The minimum atomic E-state index is -0.397. The lowest BCUT2D eigenvalue weighted by Gasteiger charge is -2.22. The third-order valence-corrected chi connectivity index (χ3v) is 3.94. The van der Waals surface area contributed by atoms with Crippen LogP contribution >= 0.6 is 0 Å². The maximum absolute atomic E-state index is 12.2. The van der Waals surface area contributed by atoms with Crippen molar-refractivity contribution in [2.75, 3.05) is 20.6 Å². The Morgan fingerprint density at radius 2 is 1.95 bits per heavy atom. The van der Waals surface area contributed by atoms with Crippen LogP contribution in [0.4, 0.5) is 0 Å². The van der Waals surface area contributed by atoms with Gasteiger partial charge in [0.1, 0.15) is 0 Å². The monoisotopic (exact) mass is 303 g/mol. The van der Waals surface area contributed by atoms with Crippen LogP contribution in [0.15, 0.2) is 24.3 Å². The molecule has 0 bridgehead atoms. The van der Waals surface area contributed by atoms with Gasteiger partial charge >= 0.3 is 0 Å². The second kappa shape index (κ2) is 6.70. The summed E-state index contributed by atoms with van der Waals surface area (Å²) >= 11 is 0. The number of amides is 3. The lowest BCUT2D eigenvalue weighted by Crippen LogP contribution is -2.39. The van der Waals surface area contributed by atoms with E-state index < -0.39 is 6.04 Å². The molecule has 1 aliphatic rings. The van der Waals surface area contributed by atoms with Crippen LogP contribution in [0.1, 0.15) is 29.3 Å². The highest BCUT2D eigenvalue weighted by atomic mass is 16.2. The van der Waals surface area contributed by atoms with E-state index in [4.69, 9.17) is 0 Å². The zero-order chi connectivity index (χ0) is 16.3. The number of rotatable bonds is 5. The molecule has 1 saturated heterocycles. The molecule has 1 aliphatic heterocycles. The Kier molecular flexibility index (Phi) is 4.92. The number of nitrogens with one attached hydrogen (secondary N) is 1. The molecule has 118 valence electrons. The zero-order valence-electron chi connectivity index (χ0n) is 13.1. The van der Waals surface area contributed by atoms with Crippen LogP contribution in [0.2, 0.25) is 0 Å². The van der Waals surface area contributed by atoms with E-state index in [1.165, 1.54) is 4.90 Å². The van der Waals surface area contributed by atoms with Gasteiger partial charge in [0.25, 0.3) is 5.91 Å². The number of likely N-dealkylation sites (tertiary alicyclic amines) is 1. The first-order valence-corrected chi connectivity index (χ1v) is 7.33. The van der Waals surface area contributed by atoms with E-state index >= 15 is 0 Å². The summed E-state index contributed by atoms with van der Waals surface area (Å²) in [7, 11) is 3.42. The summed E-state index contributed by atoms with van der Waals surface area (Å²) in [6, 6.07) is 6.83. The second-order valence-corrected chi connectivity index (χ2v) is 5.39. The maximum atomic E-state index is 12.2. The highest BCUT2D eigenvalue weighted by Crippen LogP contribution is 2.19. The summed E-state index contributed by atoms with van der Waals surface area (Å²) in [5.41, 5.74) is 1.59. The van der Waals surface area contributed by atoms with Crippen molar-refractivity contribution in [1.29, 1.82) is 0 Å². The topological polar surface area (TPSA) is 69.7 Å². The second-order valence-electron chi connectivity index (χ2n) is 5.39. The van der Waals surface area contributed by atoms with Gasteiger partial charge in [-0.2, -0.15) is 0 Å². The Bertz CT molecular complexity index is 583. The average Bonchev–Trinajstić information content (AvgIpc) is 2.81. The molecule has 3 amide bonds. The van der Waals surface area contributed by atoms with Crippen LogP contribution in [0.3, 0.4) is 0 Å². The predicted octanol–water partition coefficient (Wildman–Crippen LogP) is 0.625. The van der Waals surface area contributed by atoms with Crippen molar-refractivity contribution in [3.8, 4) is 0 Å². The maximum Gasteiger partial charge on any atom is 0.251 e. The molecule has 6 nitrogen and oxygen atoms in total. The summed E-state index contributed by atoms with van der Waals surface area (Å²) in [6.07, 6.45) is 0.236. The number of likely N-dealkylation sites (N-methyl/N-ethyl adjacent to an activating group) is 2. The molecule has 0 saturated carbocycles. The Morgan fingerprint density at radius 1 is 1.32 bits per heavy atom. The number of carbonyl (C=O) groups is 3. The largest absolute Gasteiger partial charge is 0.355 e. The molecule has 1 N–H and O–H groups in total. The molecular weight excluding hydrogens is 282 g/mol. The molecule has 1 heterocycles. The number of benzene rings is 1. The van der Waals surface area contributed by atoms with E-state index in [-0.39, 0.29) is 24.1 Å². The third-order valence-electron chi connectivity index (χ3n) is 3.94. The van der Waals surface area contributed by atoms with Crippen molar-refractivity contribution >= 4 is 17.7 Å². The van der Waals surface area contributed by atoms with E-state index in [1.54, 1.807) is 26.1 Å². The summed E-state index contributed by atoms with van der Waals surface area (Å²) in [5, 5.41) is 2.57. The van der Waals surface area contributed by atoms with Gasteiger partial charge in [-0.1, -0.05) is 12.1 Å². The normalized spacial score (nSPS) is 18.2. The van der Waals surface area contributed by atoms with Crippen molar-refractivity contribution < 1.29 is 14.4 Å². The van der Waals surface area contributed by atoms with Gasteiger partial charge in [-0.05, 0) is 31.7 Å². The molecule has 22 heavy (non-hydrogen) atoms. The van der Waals surface area contributed by atoms with Crippen LogP contribution in [0.25, 0.3) is 0 Å². The predicted molar refractivity (Wildman–Crippen MR) is 82.1 cm³/mol. The molecule has 1 atom stereocenters. The first-order chi connectivity index (χ1) is 10.5. The zero-order valence-corrected chi connectivity index (χ0v) is 13.1. The van der Waals surface area contributed by atoms with Gasteiger partial charge in [-0.15, -0.1) is 0 Å². The fraction of sp³-hybridized carbons (Fsp3) is 0.438. The number of hydrogen-bond acceptors (Lipinski definition) is 4. The molecule has 1 fully saturated rings. The van der Waals surface area contributed by atoms with E-state index in [0.717, 1.165) is 5.56 Å². The Hall–Kier alpha value is -2.21. The van der Waals surface area contributed by atoms with Crippen LogP contribution in [0.5, 0.6) is 0 Å². The highest BCUT2D eigenvalue weighted by molar-refractivity contribution is 6.05. The first kappa shape index (κ1) is 16.2. The van der Waals surface area contributed by atoms with Gasteiger partial charge in [-0.3, -0.25) is 24.2 Å². The molecule has 0 radical (unpaired) electrons. The minimum Gasteiger partial charge on any atom is -0.355 e. The fourth-order valence-corrected chi connectivity index (χ4v) is 2.65.